The Labute approximate surface area is 162 Å². The van der Waals surface area contributed by atoms with Gasteiger partial charge >= 0.3 is 11.8 Å². The number of nitrogens with zero attached hydrogens (tertiary/aromatic N) is 1. The highest BCUT2D eigenvalue weighted by atomic mass is 32.2. The van der Waals surface area contributed by atoms with Crippen LogP contribution in [0.25, 0.3) is 11.0 Å². The van der Waals surface area contributed by atoms with Crippen LogP contribution in [-0.2, 0) is 11.9 Å². The Morgan fingerprint density at radius 3 is 2.68 bits per heavy atom. The van der Waals surface area contributed by atoms with Crippen molar-refractivity contribution in [2.75, 3.05) is 7.11 Å². The smallest absolute Gasteiger partial charge is 0.418 e. The standard InChI is InChI=1S/C19H15F3N2O3S/c1-26-12-6-7-13-11(8-17(25)27-16(13)9-12)10-28-18(23)24-15-5-3-2-4-14(15)19(20,21)22/h2-9H,10H2,1H3,(H2,23,24). The van der Waals surface area contributed by atoms with Crippen LogP contribution in [0.3, 0.4) is 0 Å². The number of benzene rings is 2. The first-order valence-corrected chi connectivity index (χ1v) is 9.00. The summed E-state index contributed by atoms with van der Waals surface area (Å²) in [7, 11) is 1.49. The molecular formula is C19H15F3N2O3S. The summed E-state index contributed by atoms with van der Waals surface area (Å²) in [5.41, 5.74) is 5.12. The molecule has 0 saturated carbocycles. The first-order valence-electron chi connectivity index (χ1n) is 8.02. The molecule has 0 aliphatic carbocycles. The molecule has 9 heteroatoms. The summed E-state index contributed by atoms with van der Waals surface area (Å²) >= 11 is 1.03. The SMILES string of the molecule is COc1ccc2c(CSC(N)=Nc3ccccc3C(F)(F)F)cc(=O)oc2c1. The molecule has 0 aliphatic heterocycles. The molecular weight excluding hydrogens is 393 g/mol. The maximum atomic E-state index is 13.1. The van der Waals surface area contributed by atoms with Crippen molar-refractivity contribution in [1.29, 1.82) is 0 Å². The minimum absolute atomic E-state index is 0.0494. The summed E-state index contributed by atoms with van der Waals surface area (Å²) in [4.78, 5) is 15.7. The zero-order valence-electron chi connectivity index (χ0n) is 14.6. The van der Waals surface area contributed by atoms with Crippen molar-refractivity contribution in [2.24, 2.45) is 10.7 Å². The van der Waals surface area contributed by atoms with Gasteiger partial charge in [0.1, 0.15) is 11.3 Å². The lowest BCUT2D eigenvalue weighted by atomic mass is 10.1. The Morgan fingerprint density at radius 1 is 1.21 bits per heavy atom. The molecule has 0 unspecified atom stereocenters. The topological polar surface area (TPSA) is 77.8 Å². The first-order chi connectivity index (χ1) is 13.3. The number of rotatable bonds is 4. The van der Waals surface area contributed by atoms with Crippen molar-refractivity contribution in [2.45, 2.75) is 11.9 Å². The lowest BCUT2D eigenvalue weighted by Gasteiger charge is -2.10. The molecule has 2 N–H and O–H groups in total. The predicted molar refractivity (Wildman–Crippen MR) is 103 cm³/mol. The van der Waals surface area contributed by atoms with Crippen molar-refractivity contribution in [3.8, 4) is 5.75 Å². The number of aliphatic imine (C=N–C) groups is 1. The van der Waals surface area contributed by atoms with Crippen LogP contribution in [0, 0.1) is 0 Å². The molecule has 28 heavy (non-hydrogen) atoms. The van der Waals surface area contributed by atoms with E-state index < -0.39 is 17.4 Å². The molecule has 1 aromatic heterocycles. The number of hydrogen-bond donors (Lipinski definition) is 1. The normalized spacial score (nSPS) is 12.4. The third-order valence-corrected chi connectivity index (χ3v) is 4.70. The van der Waals surface area contributed by atoms with Gasteiger partial charge in [0.05, 0.1) is 18.4 Å². The molecule has 0 aliphatic rings. The fourth-order valence-electron chi connectivity index (χ4n) is 2.57. The molecule has 0 saturated heterocycles. The van der Waals surface area contributed by atoms with E-state index >= 15 is 0 Å². The summed E-state index contributed by atoms with van der Waals surface area (Å²) in [6.07, 6.45) is -4.53. The van der Waals surface area contributed by atoms with Gasteiger partial charge in [-0.1, -0.05) is 23.9 Å². The number of thioether (sulfide) groups is 1. The first kappa shape index (κ1) is 19.8. The molecule has 1 heterocycles. The molecule has 0 radical (unpaired) electrons. The monoisotopic (exact) mass is 408 g/mol. The fraction of sp³-hybridized carbons (Fsp3) is 0.158. The average Bonchev–Trinajstić information content (AvgIpc) is 2.65. The van der Waals surface area contributed by atoms with Crippen LogP contribution in [0.1, 0.15) is 11.1 Å². The number of para-hydroxylation sites is 1. The van der Waals surface area contributed by atoms with E-state index in [4.69, 9.17) is 14.9 Å². The van der Waals surface area contributed by atoms with Crippen LogP contribution in [-0.4, -0.2) is 12.3 Å². The van der Waals surface area contributed by atoms with Crippen molar-refractivity contribution in [3.05, 3.63) is 70.1 Å². The number of alkyl halides is 3. The molecule has 0 fully saturated rings. The van der Waals surface area contributed by atoms with Gasteiger partial charge in [0.15, 0.2) is 5.17 Å². The number of ether oxygens (including phenoxy) is 1. The van der Waals surface area contributed by atoms with Crippen molar-refractivity contribution in [3.63, 3.8) is 0 Å². The molecule has 0 spiro atoms. The average molecular weight is 408 g/mol. The molecule has 0 amide bonds. The second-order valence-electron chi connectivity index (χ2n) is 5.71. The third-order valence-electron chi connectivity index (χ3n) is 3.85. The summed E-state index contributed by atoms with van der Waals surface area (Å²) in [6, 6.07) is 11.3. The van der Waals surface area contributed by atoms with Gasteiger partial charge in [0.2, 0.25) is 0 Å². The highest BCUT2D eigenvalue weighted by molar-refractivity contribution is 8.13. The lowest BCUT2D eigenvalue weighted by molar-refractivity contribution is -0.137. The van der Waals surface area contributed by atoms with E-state index in [0.717, 1.165) is 17.8 Å². The molecule has 0 atom stereocenters. The van der Waals surface area contributed by atoms with E-state index in [1.54, 1.807) is 18.2 Å². The van der Waals surface area contributed by atoms with Gasteiger partial charge in [0.25, 0.3) is 0 Å². The lowest BCUT2D eigenvalue weighted by Crippen LogP contribution is -2.09. The maximum Gasteiger partial charge on any atom is 0.418 e. The quantitative estimate of drug-likeness (QED) is 0.385. The Balaban J connectivity index is 1.87. The summed E-state index contributed by atoms with van der Waals surface area (Å²) in [5.74, 6) is 0.767. The molecule has 5 nitrogen and oxygen atoms in total. The maximum absolute atomic E-state index is 13.1. The molecule has 146 valence electrons. The van der Waals surface area contributed by atoms with Gasteiger partial charge in [-0.05, 0) is 29.8 Å². The van der Waals surface area contributed by atoms with Crippen LogP contribution >= 0.6 is 11.8 Å². The number of nitrogens with two attached hydrogens (primary N) is 1. The Bertz CT molecular complexity index is 1090. The minimum atomic E-state index is -4.53. The zero-order valence-corrected chi connectivity index (χ0v) is 15.4. The second-order valence-corrected chi connectivity index (χ2v) is 6.70. The van der Waals surface area contributed by atoms with E-state index in [9.17, 15) is 18.0 Å². The minimum Gasteiger partial charge on any atom is -0.497 e. The zero-order chi connectivity index (χ0) is 20.3. The summed E-state index contributed by atoms with van der Waals surface area (Å²) < 4.78 is 49.5. The number of hydrogen-bond acceptors (Lipinski definition) is 5. The van der Waals surface area contributed by atoms with Gasteiger partial charge in [-0.15, -0.1) is 0 Å². The number of halogens is 3. The Morgan fingerprint density at radius 2 is 1.96 bits per heavy atom. The van der Waals surface area contributed by atoms with E-state index in [1.807, 2.05) is 0 Å². The van der Waals surface area contributed by atoms with Gasteiger partial charge in [-0.3, -0.25) is 0 Å². The molecule has 3 rings (SSSR count). The van der Waals surface area contributed by atoms with Crippen molar-refractivity contribution >= 4 is 33.6 Å². The van der Waals surface area contributed by atoms with Crippen LogP contribution in [0.5, 0.6) is 5.75 Å². The van der Waals surface area contributed by atoms with Crippen molar-refractivity contribution < 1.29 is 22.3 Å². The molecule has 3 aromatic rings. The van der Waals surface area contributed by atoms with E-state index in [2.05, 4.69) is 4.99 Å². The molecule has 0 bridgehead atoms. The summed E-state index contributed by atoms with van der Waals surface area (Å²) in [5, 5.41) is 0.628. The number of amidine groups is 1. The fourth-order valence-corrected chi connectivity index (χ4v) is 3.28. The van der Waals surface area contributed by atoms with E-state index in [-0.39, 0.29) is 16.6 Å². The van der Waals surface area contributed by atoms with Crippen LogP contribution in [0.15, 0.2) is 62.7 Å². The Hall–Kier alpha value is -2.94. The second kappa shape index (κ2) is 7.97. The van der Waals surface area contributed by atoms with Gasteiger partial charge in [0, 0.05) is 23.3 Å². The molecule has 2 aromatic carbocycles. The third kappa shape index (κ3) is 4.48. The van der Waals surface area contributed by atoms with Crippen molar-refractivity contribution in [1.82, 2.24) is 0 Å². The van der Waals surface area contributed by atoms with E-state index in [1.165, 1.54) is 31.4 Å². The van der Waals surface area contributed by atoms with Gasteiger partial charge < -0.3 is 14.9 Å². The summed E-state index contributed by atoms with van der Waals surface area (Å²) in [6.45, 7) is 0. The highest BCUT2D eigenvalue weighted by Gasteiger charge is 2.33. The van der Waals surface area contributed by atoms with Gasteiger partial charge in [-0.2, -0.15) is 13.2 Å². The largest absolute Gasteiger partial charge is 0.497 e. The predicted octanol–water partition coefficient (Wildman–Crippen LogP) is 4.70. The van der Waals surface area contributed by atoms with Gasteiger partial charge in [-0.25, -0.2) is 9.79 Å². The van der Waals surface area contributed by atoms with Crippen LogP contribution in [0.4, 0.5) is 18.9 Å². The van der Waals surface area contributed by atoms with Crippen LogP contribution < -0.4 is 16.1 Å². The number of methoxy groups -OCH3 is 1. The highest BCUT2D eigenvalue weighted by Crippen LogP contribution is 2.36. The van der Waals surface area contributed by atoms with E-state index in [0.29, 0.717) is 22.3 Å². The number of fused-ring (bicyclic) bond motifs is 1. The van der Waals surface area contributed by atoms with Crippen LogP contribution in [0.2, 0.25) is 0 Å². The Kier molecular flexibility index (Phi) is 5.64.